The highest BCUT2D eigenvalue weighted by molar-refractivity contribution is 6.33. The predicted octanol–water partition coefficient (Wildman–Crippen LogP) is 3.44. The van der Waals surface area contributed by atoms with Crippen LogP contribution in [0.5, 0.6) is 0 Å². The standard InChI is InChI=1S/C9H10ClF2N/c1-2-3-13-9-7(10)4-6(11)5-8(9)12/h4-5,13H,2-3H2,1H3. The second-order valence-corrected chi connectivity index (χ2v) is 3.08. The Labute approximate surface area is 80.7 Å². The first-order chi connectivity index (χ1) is 6.15. The van der Waals surface area contributed by atoms with Crippen LogP contribution in [-0.2, 0) is 0 Å². The van der Waals surface area contributed by atoms with Crippen molar-refractivity contribution in [3.05, 3.63) is 28.8 Å². The van der Waals surface area contributed by atoms with Crippen molar-refractivity contribution in [2.75, 3.05) is 11.9 Å². The summed E-state index contributed by atoms with van der Waals surface area (Å²) < 4.78 is 25.6. The molecule has 0 heterocycles. The van der Waals surface area contributed by atoms with Gasteiger partial charge in [0.05, 0.1) is 10.7 Å². The maximum atomic E-state index is 13.0. The van der Waals surface area contributed by atoms with Gasteiger partial charge in [-0.05, 0) is 12.5 Å². The van der Waals surface area contributed by atoms with E-state index in [1.807, 2.05) is 6.92 Å². The molecule has 0 atom stereocenters. The molecule has 1 nitrogen and oxygen atoms in total. The molecule has 0 unspecified atom stereocenters. The van der Waals surface area contributed by atoms with E-state index in [4.69, 9.17) is 11.6 Å². The molecule has 0 saturated carbocycles. The zero-order chi connectivity index (χ0) is 9.84. The molecule has 0 aliphatic rings. The monoisotopic (exact) mass is 205 g/mol. The molecule has 0 radical (unpaired) electrons. The van der Waals surface area contributed by atoms with E-state index < -0.39 is 11.6 Å². The SMILES string of the molecule is CCCNc1c(F)cc(F)cc1Cl. The minimum Gasteiger partial charge on any atom is -0.381 e. The van der Waals surface area contributed by atoms with E-state index in [2.05, 4.69) is 5.32 Å². The normalized spacial score (nSPS) is 10.2. The van der Waals surface area contributed by atoms with Crippen LogP contribution >= 0.6 is 11.6 Å². The van der Waals surface area contributed by atoms with Gasteiger partial charge in [-0.2, -0.15) is 0 Å². The summed E-state index contributed by atoms with van der Waals surface area (Å²) in [5.74, 6) is -1.32. The van der Waals surface area contributed by atoms with Crippen LogP contribution in [0.1, 0.15) is 13.3 Å². The lowest BCUT2D eigenvalue weighted by Gasteiger charge is -2.07. The molecule has 1 N–H and O–H groups in total. The number of anilines is 1. The Morgan fingerprint density at radius 3 is 2.62 bits per heavy atom. The van der Waals surface area contributed by atoms with Crippen molar-refractivity contribution in [1.82, 2.24) is 0 Å². The van der Waals surface area contributed by atoms with E-state index in [0.717, 1.165) is 18.6 Å². The van der Waals surface area contributed by atoms with Crippen molar-refractivity contribution in [2.45, 2.75) is 13.3 Å². The van der Waals surface area contributed by atoms with E-state index in [1.54, 1.807) is 0 Å². The Bertz CT molecular complexity index is 279. The number of nitrogens with one attached hydrogen (secondary N) is 1. The summed E-state index contributed by atoms with van der Waals surface area (Å²) in [6.45, 7) is 2.56. The van der Waals surface area contributed by atoms with Crippen molar-refractivity contribution >= 4 is 17.3 Å². The van der Waals surface area contributed by atoms with Gasteiger partial charge in [0.1, 0.15) is 5.82 Å². The maximum absolute atomic E-state index is 13.0. The van der Waals surface area contributed by atoms with E-state index in [0.29, 0.717) is 6.54 Å². The van der Waals surface area contributed by atoms with Crippen LogP contribution in [0.4, 0.5) is 14.5 Å². The van der Waals surface area contributed by atoms with Crippen molar-refractivity contribution in [3.63, 3.8) is 0 Å². The molecule has 0 amide bonds. The van der Waals surface area contributed by atoms with Crippen molar-refractivity contribution in [3.8, 4) is 0 Å². The van der Waals surface area contributed by atoms with E-state index >= 15 is 0 Å². The number of hydrogen-bond donors (Lipinski definition) is 1. The highest BCUT2D eigenvalue weighted by Crippen LogP contribution is 2.26. The average Bonchev–Trinajstić information content (AvgIpc) is 2.02. The number of rotatable bonds is 3. The molecule has 1 aromatic carbocycles. The molecule has 0 aromatic heterocycles. The Balaban J connectivity index is 2.92. The minimum atomic E-state index is -0.662. The summed E-state index contributed by atoms with van der Waals surface area (Å²) in [6, 6.07) is 1.90. The first-order valence-corrected chi connectivity index (χ1v) is 4.41. The molecule has 0 spiro atoms. The number of hydrogen-bond acceptors (Lipinski definition) is 1. The topological polar surface area (TPSA) is 12.0 Å². The third-order valence-corrected chi connectivity index (χ3v) is 1.86. The van der Waals surface area contributed by atoms with Crippen LogP contribution in [0, 0.1) is 11.6 Å². The van der Waals surface area contributed by atoms with Gasteiger partial charge in [-0.25, -0.2) is 8.78 Å². The van der Waals surface area contributed by atoms with Crippen LogP contribution in [0.15, 0.2) is 12.1 Å². The van der Waals surface area contributed by atoms with Crippen molar-refractivity contribution in [2.24, 2.45) is 0 Å². The number of benzene rings is 1. The molecule has 0 bridgehead atoms. The molecule has 0 aliphatic heterocycles. The fraction of sp³-hybridized carbons (Fsp3) is 0.333. The van der Waals surface area contributed by atoms with E-state index in [1.165, 1.54) is 0 Å². The number of halogens is 3. The Kier molecular flexibility index (Phi) is 3.48. The van der Waals surface area contributed by atoms with Crippen molar-refractivity contribution in [1.29, 1.82) is 0 Å². The molecule has 13 heavy (non-hydrogen) atoms. The zero-order valence-electron chi connectivity index (χ0n) is 7.20. The molecular formula is C9H10ClF2N. The van der Waals surface area contributed by atoms with Gasteiger partial charge in [0.15, 0.2) is 5.82 Å². The van der Waals surface area contributed by atoms with Gasteiger partial charge in [-0.1, -0.05) is 18.5 Å². The molecule has 4 heteroatoms. The van der Waals surface area contributed by atoms with Gasteiger partial charge < -0.3 is 5.32 Å². The van der Waals surface area contributed by atoms with Gasteiger partial charge in [0.25, 0.3) is 0 Å². The summed E-state index contributed by atoms with van der Waals surface area (Å²) in [6.07, 6.45) is 0.854. The van der Waals surface area contributed by atoms with Gasteiger partial charge in [-0.3, -0.25) is 0 Å². The minimum absolute atomic E-state index is 0.0750. The largest absolute Gasteiger partial charge is 0.381 e. The molecule has 1 rings (SSSR count). The zero-order valence-corrected chi connectivity index (χ0v) is 7.96. The summed E-state index contributed by atoms with van der Waals surface area (Å²) in [5, 5.41) is 2.86. The summed E-state index contributed by atoms with van der Waals surface area (Å²) in [4.78, 5) is 0. The third kappa shape index (κ3) is 2.56. The summed E-state index contributed by atoms with van der Waals surface area (Å²) >= 11 is 5.63. The molecule has 72 valence electrons. The second-order valence-electron chi connectivity index (χ2n) is 2.67. The Morgan fingerprint density at radius 2 is 2.08 bits per heavy atom. The van der Waals surface area contributed by atoms with Gasteiger partial charge in [-0.15, -0.1) is 0 Å². The first-order valence-electron chi connectivity index (χ1n) is 4.03. The predicted molar refractivity (Wildman–Crippen MR) is 50.1 cm³/mol. The lowest BCUT2D eigenvalue weighted by atomic mass is 10.3. The lowest BCUT2D eigenvalue weighted by Crippen LogP contribution is -2.03. The fourth-order valence-corrected chi connectivity index (χ4v) is 1.22. The molecular weight excluding hydrogens is 196 g/mol. The van der Waals surface area contributed by atoms with Crippen LogP contribution in [0.2, 0.25) is 5.02 Å². The molecule has 1 aromatic rings. The van der Waals surface area contributed by atoms with Crippen LogP contribution in [0.3, 0.4) is 0 Å². The highest BCUT2D eigenvalue weighted by atomic mass is 35.5. The maximum Gasteiger partial charge on any atom is 0.150 e. The fourth-order valence-electron chi connectivity index (χ4n) is 0.961. The van der Waals surface area contributed by atoms with Crippen LogP contribution < -0.4 is 5.32 Å². The quantitative estimate of drug-likeness (QED) is 0.797. The van der Waals surface area contributed by atoms with Crippen LogP contribution in [0.25, 0.3) is 0 Å². The summed E-state index contributed by atoms with van der Waals surface area (Å²) in [5.41, 5.74) is 0.171. The van der Waals surface area contributed by atoms with Crippen LogP contribution in [-0.4, -0.2) is 6.54 Å². The Morgan fingerprint density at radius 1 is 1.38 bits per heavy atom. The van der Waals surface area contributed by atoms with Gasteiger partial charge >= 0.3 is 0 Å². The smallest absolute Gasteiger partial charge is 0.150 e. The Hall–Kier alpha value is -0.830. The van der Waals surface area contributed by atoms with Gasteiger partial charge in [0, 0.05) is 12.6 Å². The second kappa shape index (κ2) is 4.42. The van der Waals surface area contributed by atoms with Crippen molar-refractivity contribution < 1.29 is 8.78 Å². The highest BCUT2D eigenvalue weighted by Gasteiger charge is 2.08. The lowest BCUT2D eigenvalue weighted by molar-refractivity contribution is 0.585. The molecule has 0 fully saturated rings. The summed E-state index contributed by atoms with van der Waals surface area (Å²) in [7, 11) is 0. The first kappa shape index (κ1) is 10.3. The molecule has 0 aliphatic carbocycles. The van der Waals surface area contributed by atoms with E-state index in [9.17, 15) is 8.78 Å². The molecule has 0 saturated heterocycles. The van der Waals surface area contributed by atoms with E-state index in [-0.39, 0.29) is 10.7 Å². The average molecular weight is 206 g/mol. The third-order valence-electron chi connectivity index (χ3n) is 1.56. The van der Waals surface area contributed by atoms with Gasteiger partial charge in [0.2, 0.25) is 0 Å².